The number of likely N-dealkylation sites (tertiary alicyclic amines) is 1. The Morgan fingerprint density at radius 2 is 1.88 bits per heavy atom. The number of carbonyl (C=O) groups is 3. The van der Waals surface area contributed by atoms with Crippen molar-refractivity contribution in [3.8, 4) is 5.75 Å². The zero-order valence-corrected chi connectivity index (χ0v) is 18.3. The number of benzene rings is 2. The van der Waals surface area contributed by atoms with Gasteiger partial charge in [-0.05, 0) is 67.3 Å². The molecule has 0 saturated carbocycles. The number of nitrogens with one attached hydrogen (secondary N) is 1. The molecule has 0 aromatic heterocycles. The summed E-state index contributed by atoms with van der Waals surface area (Å²) in [4.78, 5) is 40.4. The highest BCUT2D eigenvalue weighted by atomic mass is 19.1. The first-order valence-corrected chi connectivity index (χ1v) is 11.4. The summed E-state index contributed by atoms with van der Waals surface area (Å²) in [7, 11) is 0. The average Bonchev–Trinajstić information content (AvgIpc) is 3.11. The second-order valence-corrected chi connectivity index (χ2v) is 8.96. The number of hydrogen-bond acceptors (Lipinski definition) is 5. The number of ether oxygens (including phenoxy) is 1. The van der Waals surface area contributed by atoms with Crippen LogP contribution >= 0.6 is 0 Å². The number of imide groups is 1. The Hall–Kier alpha value is -3.26. The zero-order valence-electron chi connectivity index (χ0n) is 18.3. The highest BCUT2D eigenvalue weighted by Crippen LogP contribution is 2.31. The van der Waals surface area contributed by atoms with Crippen LogP contribution in [0, 0.1) is 5.82 Å². The molecule has 2 saturated heterocycles. The SMILES string of the molecule is O=C1CCC(N2Cc3cc(OC4CCCN(Cc5ccc(F)cc5)C4)ccc3C2=O)C(=O)N1. The molecule has 2 aromatic carbocycles. The molecule has 8 heteroatoms. The number of piperidine rings is 2. The van der Waals surface area contributed by atoms with Gasteiger partial charge in [0.25, 0.3) is 5.91 Å². The summed E-state index contributed by atoms with van der Waals surface area (Å²) in [6.45, 7) is 2.82. The van der Waals surface area contributed by atoms with Gasteiger partial charge in [0.2, 0.25) is 11.8 Å². The van der Waals surface area contributed by atoms with E-state index in [1.807, 2.05) is 24.3 Å². The molecule has 7 nitrogen and oxygen atoms in total. The predicted octanol–water partition coefficient (Wildman–Crippen LogP) is 2.63. The van der Waals surface area contributed by atoms with Crippen molar-refractivity contribution in [2.75, 3.05) is 13.1 Å². The van der Waals surface area contributed by atoms with Gasteiger partial charge in [0.05, 0.1) is 0 Å². The van der Waals surface area contributed by atoms with Crippen LogP contribution in [-0.4, -0.2) is 52.8 Å². The lowest BCUT2D eigenvalue weighted by Crippen LogP contribution is -2.52. The van der Waals surface area contributed by atoms with Gasteiger partial charge < -0.3 is 9.64 Å². The molecule has 1 N–H and O–H groups in total. The molecule has 0 aliphatic carbocycles. The van der Waals surface area contributed by atoms with E-state index in [0.29, 0.717) is 24.3 Å². The van der Waals surface area contributed by atoms with Gasteiger partial charge in [-0.2, -0.15) is 0 Å². The Balaban J connectivity index is 1.22. The number of amides is 3. The standard InChI is InChI=1S/C25H26FN3O4/c26-18-5-3-16(4-6-18)13-28-11-1-2-20(15-28)33-19-7-8-21-17(12-19)14-29(25(21)32)22-9-10-23(30)27-24(22)31/h3-8,12,20,22H,1-2,9-11,13-15H2,(H,27,30,31). The van der Waals surface area contributed by atoms with Crippen LogP contribution in [0.1, 0.15) is 47.2 Å². The third-order valence-corrected chi connectivity index (χ3v) is 6.58. The predicted molar refractivity (Wildman–Crippen MR) is 118 cm³/mol. The molecule has 3 amide bonds. The van der Waals surface area contributed by atoms with E-state index in [1.54, 1.807) is 11.0 Å². The zero-order chi connectivity index (χ0) is 22.9. The van der Waals surface area contributed by atoms with Gasteiger partial charge in [0, 0.05) is 31.6 Å². The van der Waals surface area contributed by atoms with Crippen LogP contribution in [0.5, 0.6) is 5.75 Å². The topological polar surface area (TPSA) is 79.0 Å². The Bertz CT molecular complexity index is 1090. The average molecular weight is 451 g/mol. The number of hydrogen-bond donors (Lipinski definition) is 1. The van der Waals surface area contributed by atoms with Gasteiger partial charge in [0.15, 0.2) is 0 Å². The van der Waals surface area contributed by atoms with Gasteiger partial charge >= 0.3 is 0 Å². The molecule has 3 heterocycles. The van der Waals surface area contributed by atoms with Crippen LogP contribution in [0.4, 0.5) is 4.39 Å². The molecule has 3 aliphatic heterocycles. The molecule has 2 atom stereocenters. The molecule has 2 fully saturated rings. The summed E-state index contributed by atoms with van der Waals surface area (Å²) >= 11 is 0. The van der Waals surface area contributed by atoms with Crippen molar-refractivity contribution < 1.29 is 23.5 Å². The van der Waals surface area contributed by atoms with Gasteiger partial charge in [-0.15, -0.1) is 0 Å². The van der Waals surface area contributed by atoms with E-state index in [4.69, 9.17) is 4.74 Å². The van der Waals surface area contributed by atoms with Crippen molar-refractivity contribution >= 4 is 17.7 Å². The number of nitrogens with zero attached hydrogens (tertiary/aromatic N) is 2. The molecule has 3 aliphatic rings. The summed E-state index contributed by atoms with van der Waals surface area (Å²) in [5.41, 5.74) is 2.48. The molecule has 0 radical (unpaired) electrons. The fourth-order valence-corrected chi connectivity index (χ4v) is 4.92. The fraction of sp³-hybridized carbons (Fsp3) is 0.400. The van der Waals surface area contributed by atoms with Gasteiger partial charge in [-0.25, -0.2) is 4.39 Å². The van der Waals surface area contributed by atoms with Crippen molar-refractivity contribution in [2.24, 2.45) is 0 Å². The summed E-state index contributed by atoms with van der Waals surface area (Å²) in [6.07, 6.45) is 2.57. The van der Waals surface area contributed by atoms with Crippen LogP contribution in [0.2, 0.25) is 0 Å². The molecule has 0 spiro atoms. The van der Waals surface area contributed by atoms with Crippen molar-refractivity contribution in [3.63, 3.8) is 0 Å². The van der Waals surface area contributed by atoms with Crippen molar-refractivity contribution in [1.82, 2.24) is 15.1 Å². The van der Waals surface area contributed by atoms with E-state index in [-0.39, 0.29) is 30.2 Å². The maximum Gasteiger partial charge on any atom is 0.255 e. The van der Waals surface area contributed by atoms with Gasteiger partial charge in [0.1, 0.15) is 23.7 Å². The van der Waals surface area contributed by atoms with Crippen LogP contribution in [0.3, 0.4) is 0 Å². The Morgan fingerprint density at radius 1 is 1.06 bits per heavy atom. The quantitative estimate of drug-likeness (QED) is 0.707. The molecule has 2 aromatic rings. The first kappa shape index (κ1) is 21.6. The third-order valence-electron chi connectivity index (χ3n) is 6.58. The normalized spacial score (nSPS) is 23.4. The second-order valence-electron chi connectivity index (χ2n) is 8.96. The molecular weight excluding hydrogens is 425 g/mol. The highest BCUT2D eigenvalue weighted by Gasteiger charge is 2.39. The number of rotatable bonds is 5. The molecule has 33 heavy (non-hydrogen) atoms. The number of fused-ring (bicyclic) bond motifs is 1. The lowest BCUT2D eigenvalue weighted by atomic mass is 10.0. The van der Waals surface area contributed by atoms with Gasteiger partial charge in [-0.1, -0.05) is 12.1 Å². The molecule has 5 rings (SSSR count). The minimum atomic E-state index is -0.620. The highest BCUT2D eigenvalue weighted by molar-refractivity contribution is 6.05. The van der Waals surface area contributed by atoms with E-state index in [0.717, 1.165) is 43.6 Å². The maximum absolute atomic E-state index is 13.2. The maximum atomic E-state index is 13.2. The second kappa shape index (κ2) is 8.94. The van der Waals surface area contributed by atoms with E-state index < -0.39 is 11.9 Å². The molecular formula is C25H26FN3O4. The summed E-state index contributed by atoms with van der Waals surface area (Å²) < 4.78 is 19.4. The first-order chi connectivity index (χ1) is 16.0. The number of halogens is 1. The minimum absolute atomic E-state index is 0.0283. The molecule has 0 bridgehead atoms. The van der Waals surface area contributed by atoms with Crippen molar-refractivity contribution in [2.45, 2.75) is 50.9 Å². The summed E-state index contributed by atoms with van der Waals surface area (Å²) in [5.74, 6) is -0.413. The van der Waals surface area contributed by atoms with E-state index >= 15 is 0 Å². The van der Waals surface area contributed by atoms with E-state index in [2.05, 4.69) is 10.2 Å². The van der Waals surface area contributed by atoms with Crippen LogP contribution in [-0.2, 0) is 22.7 Å². The van der Waals surface area contributed by atoms with Crippen molar-refractivity contribution in [1.29, 1.82) is 0 Å². The van der Waals surface area contributed by atoms with Crippen LogP contribution in [0.25, 0.3) is 0 Å². The Kier molecular flexibility index (Phi) is 5.85. The lowest BCUT2D eigenvalue weighted by molar-refractivity contribution is -0.136. The third kappa shape index (κ3) is 4.61. The van der Waals surface area contributed by atoms with Crippen LogP contribution < -0.4 is 10.1 Å². The monoisotopic (exact) mass is 451 g/mol. The minimum Gasteiger partial charge on any atom is -0.489 e. The van der Waals surface area contributed by atoms with Crippen molar-refractivity contribution in [3.05, 3.63) is 65.0 Å². The van der Waals surface area contributed by atoms with Gasteiger partial charge in [-0.3, -0.25) is 24.6 Å². The lowest BCUT2D eigenvalue weighted by Gasteiger charge is -2.33. The van der Waals surface area contributed by atoms with Crippen LogP contribution in [0.15, 0.2) is 42.5 Å². The first-order valence-electron chi connectivity index (χ1n) is 11.4. The molecule has 172 valence electrons. The smallest absolute Gasteiger partial charge is 0.255 e. The summed E-state index contributed by atoms with van der Waals surface area (Å²) in [6, 6.07) is 11.4. The largest absolute Gasteiger partial charge is 0.489 e. The fourth-order valence-electron chi connectivity index (χ4n) is 4.92. The number of carbonyl (C=O) groups excluding carboxylic acids is 3. The Morgan fingerprint density at radius 3 is 2.67 bits per heavy atom. The van der Waals surface area contributed by atoms with E-state index in [9.17, 15) is 18.8 Å². The van der Waals surface area contributed by atoms with E-state index in [1.165, 1.54) is 12.1 Å². The molecule has 2 unspecified atom stereocenters. The summed E-state index contributed by atoms with van der Waals surface area (Å²) in [5, 5.41) is 2.32. The Labute approximate surface area is 191 Å².